The molecule has 2 aliphatic rings. The van der Waals surface area contributed by atoms with Gasteiger partial charge in [0.2, 0.25) is 0 Å². The van der Waals surface area contributed by atoms with Crippen LogP contribution in [0.2, 0.25) is 0 Å². The molecule has 0 aromatic rings. The maximum absolute atomic E-state index is 5.26. The normalized spacial score (nSPS) is 24.0. The Kier molecular flexibility index (Phi) is 8.13. The van der Waals surface area contributed by atoms with Crippen molar-refractivity contribution in [1.82, 2.24) is 0 Å². The number of rotatable bonds is 4. The first-order valence-corrected chi connectivity index (χ1v) is 6.44. The second-order valence-electron chi connectivity index (χ2n) is 4.78. The van der Waals surface area contributed by atoms with Crippen molar-refractivity contribution in [3.8, 4) is 0 Å². The molecule has 16 heavy (non-hydrogen) atoms. The van der Waals surface area contributed by atoms with Crippen LogP contribution in [0.5, 0.6) is 0 Å². The summed E-state index contributed by atoms with van der Waals surface area (Å²) in [5.41, 5.74) is 0. The van der Waals surface area contributed by atoms with E-state index in [2.05, 4.69) is 0 Å². The van der Waals surface area contributed by atoms with Crippen LogP contribution in [0.3, 0.4) is 0 Å². The Morgan fingerprint density at radius 2 is 0.938 bits per heavy atom. The van der Waals surface area contributed by atoms with E-state index in [0.29, 0.717) is 0 Å². The van der Waals surface area contributed by atoms with Crippen LogP contribution >= 0.6 is 0 Å². The molecule has 0 radical (unpaired) electrons. The molecule has 0 heterocycles. The molecule has 0 amide bonds. The summed E-state index contributed by atoms with van der Waals surface area (Å²) in [5, 5.41) is 4.91. The van der Waals surface area contributed by atoms with Gasteiger partial charge in [-0.2, -0.15) is 0 Å². The topological polar surface area (TPSA) is 27.7 Å². The van der Waals surface area contributed by atoms with Crippen LogP contribution in [0, 0.1) is 0 Å². The van der Waals surface area contributed by atoms with Crippen molar-refractivity contribution in [3.63, 3.8) is 0 Å². The Balaban J connectivity index is 0.00000128. The van der Waals surface area contributed by atoms with Crippen LogP contribution in [-0.4, -0.2) is 12.2 Å². The van der Waals surface area contributed by atoms with Crippen LogP contribution in [0.15, 0.2) is 0 Å². The van der Waals surface area contributed by atoms with E-state index in [4.69, 9.17) is 14.8 Å². The van der Waals surface area contributed by atoms with E-state index in [1.165, 1.54) is 38.5 Å². The van der Waals surface area contributed by atoms with Gasteiger partial charge in [-0.3, -0.25) is 0 Å². The Hall–Kier alpha value is 0.750. The van der Waals surface area contributed by atoms with E-state index in [-0.39, 0.29) is 38.1 Å². The van der Waals surface area contributed by atoms with Gasteiger partial charge in [-0.05, 0) is 25.7 Å². The molecule has 0 unspecified atom stereocenters. The molecule has 92 valence electrons. The minimum Gasteiger partial charge on any atom is -0.203 e. The number of hydrogen-bond acceptors (Lipinski definition) is 3. The third-order valence-electron chi connectivity index (χ3n) is 3.46. The minimum absolute atomic E-state index is 0. The van der Waals surface area contributed by atoms with E-state index in [0.717, 1.165) is 25.7 Å². The second-order valence-corrected chi connectivity index (χ2v) is 4.78. The summed E-state index contributed by atoms with van der Waals surface area (Å²) >= 11 is 0. The minimum atomic E-state index is 0. The Labute approximate surface area is 117 Å². The maximum Gasteiger partial charge on any atom is 0.0961 e. The van der Waals surface area contributed by atoms with Gasteiger partial charge in [0, 0.05) is 25.8 Å². The maximum atomic E-state index is 5.26. The van der Waals surface area contributed by atoms with E-state index < -0.39 is 0 Å². The average molecular weight is 393 g/mol. The summed E-state index contributed by atoms with van der Waals surface area (Å²) in [4.78, 5) is 10.5. The molecule has 2 aliphatic carbocycles. The van der Waals surface area contributed by atoms with Crippen molar-refractivity contribution < 1.29 is 40.7 Å². The zero-order valence-electron chi connectivity index (χ0n) is 9.95. The first-order valence-electron chi connectivity index (χ1n) is 6.44. The zero-order chi connectivity index (χ0) is 10.3. The molecule has 4 heteroatoms. The van der Waals surface area contributed by atoms with E-state index in [1.807, 2.05) is 0 Å². The van der Waals surface area contributed by atoms with Gasteiger partial charge < -0.3 is 0 Å². The van der Waals surface area contributed by atoms with Gasteiger partial charge in [-0.15, -0.1) is 0 Å². The predicted molar refractivity (Wildman–Crippen MR) is 57.0 cm³/mol. The monoisotopic (exact) mass is 394 g/mol. The summed E-state index contributed by atoms with van der Waals surface area (Å²) in [6.45, 7) is 0. The van der Waals surface area contributed by atoms with Crippen molar-refractivity contribution in [2.75, 3.05) is 0 Å². The Morgan fingerprint density at radius 1 is 0.562 bits per heavy atom. The molecule has 2 saturated carbocycles. The molecular formula is C12H22HfO3. The summed E-state index contributed by atoms with van der Waals surface area (Å²) < 4.78 is 0. The zero-order valence-corrected chi connectivity index (χ0v) is 13.5. The van der Waals surface area contributed by atoms with Gasteiger partial charge in [0.15, 0.2) is 0 Å². The van der Waals surface area contributed by atoms with E-state index >= 15 is 0 Å². The average Bonchev–Trinajstić information content (AvgIpc) is 2.32. The van der Waals surface area contributed by atoms with E-state index in [1.54, 1.807) is 0 Å². The Morgan fingerprint density at radius 3 is 1.31 bits per heavy atom. The standard InChI is InChI=1S/C12H22O3.Hf/c1-3-7-11(8-4-1)13-15-14-12-9-5-2-6-10-12;/h11-12H,1-10H2;. The summed E-state index contributed by atoms with van der Waals surface area (Å²) in [7, 11) is 0. The largest absolute Gasteiger partial charge is 0.203 e. The van der Waals surface area contributed by atoms with Crippen LogP contribution in [0.25, 0.3) is 0 Å². The van der Waals surface area contributed by atoms with Gasteiger partial charge >= 0.3 is 0 Å². The molecule has 2 rings (SSSR count). The van der Waals surface area contributed by atoms with Gasteiger partial charge in [0.1, 0.15) is 0 Å². The van der Waals surface area contributed by atoms with Crippen molar-refractivity contribution in [2.45, 2.75) is 76.4 Å². The predicted octanol–water partition coefficient (Wildman–Crippen LogP) is 3.53. The molecule has 0 aromatic carbocycles. The van der Waals surface area contributed by atoms with Crippen LogP contribution in [0.4, 0.5) is 0 Å². The molecule has 0 saturated heterocycles. The summed E-state index contributed by atoms with van der Waals surface area (Å²) in [6.07, 6.45) is 12.7. The summed E-state index contributed by atoms with van der Waals surface area (Å²) in [5.74, 6) is 0. The SMILES string of the molecule is C1CCC(OOOC2CCCCC2)CC1.[Hf]. The van der Waals surface area contributed by atoms with Crippen molar-refractivity contribution in [3.05, 3.63) is 0 Å². The van der Waals surface area contributed by atoms with Crippen LogP contribution < -0.4 is 0 Å². The second kappa shape index (κ2) is 8.78. The molecular weight excluding hydrogens is 371 g/mol. The molecule has 0 N–H and O–H groups in total. The fourth-order valence-corrected chi connectivity index (χ4v) is 2.46. The van der Waals surface area contributed by atoms with Gasteiger partial charge in [0.05, 0.1) is 12.2 Å². The smallest absolute Gasteiger partial charge is 0.0961 e. The quantitative estimate of drug-likeness (QED) is 0.416. The van der Waals surface area contributed by atoms with Gasteiger partial charge in [0.25, 0.3) is 0 Å². The van der Waals surface area contributed by atoms with E-state index in [9.17, 15) is 0 Å². The molecule has 0 spiro atoms. The molecule has 0 atom stereocenters. The van der Waals surface area contributed by atoms with Crippen molar-refractivity contribution >= 4 is 0 Å². The molecule has 3 nitrogen and oxygen atoms in total. The third-order valence-corrected chi connectivity index (χ3v) is 3.46. The van der Waals surface area contributed by atoms with Gasteiger partial charge in [-0.1, -0.05) is 43.6 Å². The fraction of sp³-hybridized carbons (Fsp3) is 1.00. The van der Waals surface area contributed by atoms with Gasteiger partial charge in [-0.25, -0.2) is 9.78 Å². The summed E-state index contributed by atoms with van der Waals surface area (Å²) in [6, 6.07) is 0. The Bertz CT molecular complexity index is 148. The number of hydrogen-bond donors (Lipinski definition) is 0. The van der Waals surface area contributed by atoms with Crippen LogP contribution in [0.1, 0.15) is 64.2 Å². The molecule has 2 fully saturated rings. The first-order chi connectivity index (χ1) is 7.45. The van der Waals surface area contributed by atoms with Crippen molar-refractivity contribution in [2.24, 2.45) is 0 Å². The molecule has 0 bridgehead atoms. The third kappa shape index (κ3) is 5.39. The molecule has 0 aliphatic heterocycles. The van der Waals surface area contributed by atoms with Crippen LogP contribution in [-0.2, 0) is 40.7 Å². The fourth-order valence-electron chi connectivity index (χ4n) is 2.46. The van der Waals surface area contributed by atoms with Crippen molar-refractivity contribution in [1.29, 1.82) is 0 Å². The first kappa shape index (κ1) is 14.8. The molecule has 0 aromatic heterocycles.